The summed E-state index contributed by atoms with van der Waals surface area (Å²) in [5.74, 6) is 0.452. The van der Waals surface area contributed by atoms with Gasteiger partial charge in [-0.3, -0.25) is 9.20 Å². The van der Waals surface area contributed by atoms with Gasteiger partial charge >= 0.3 is 0 Å². The number of ether oxygens (including phenoxy) is 1. The summed E-state index contributed by atoms with van der Waals surface area (Å²) in [6, 6.07) is 5.53. The SMILES string of the molecule is COc1ccc(CNC(=O)c2cc3c(nc4sccn43)s2)cn1. The molecule has 4 rings (SSSR count). The van der Waals surface area contributed by atoms with Crippen molar-refractivity contribution in [3.8, 4) is 5.88 Å². The normalized spacial score (nSPS) is 11.2. The monoisotopic (exact) mass is 344 g/mol. The first kappa shape index (κ1) is 14.2. The molecule has 4 aromatic heterocycles. The first-order valence-corrected chi connectivity index (χ1v) is 8.56. The predicted octanol–water partition coefficient (Wildman–Crippen LogP) is 2.94. The third-order valence-corrected chi connectivity index (χ3v) is 5.20. The van der Waals surface area contributed by atoms with E-state index in [2.05, 4.69) is 15.3 Å². The van der Waals surface area contributed by atoms with Crippen LogP contribution in [0.4, 0.5) is 0 Å². The number of rotatable bonds is 4. The van der Waals surface area contributed by atoms with Crippen LogP contribution in [0.2, 0.25) is 0 Å². The molecule has 0 fully saturated rings. The van der Waals surface area contributed by atoms with Crippen LogP contribution in [0.5, 0.6) is 5.88 Å². The van der Waals surface area contributed by atoms with Crippen LogP contribution in [0.25, 0.3) is 15.3 Å². The summed E-state index contributed by atoms with van der Waals surface area (Å²) in [4.78, 5) is 23.4. The van der Waals surface area contributed by atoms with E-state index in [1.165, 1.54) is 11.3 Å². The van der Waals surface area contributed by atoms with Gasteiger partial charge in [-0.2, -0.15) is 0 Å². The molecule has 23 heavy (non-hydrogen) atoms. The minimum absolute atomic E-state index is 0.104. The molecular formula is C15H12N4O2S2. The number of carbonyl (C=O) groups excluding carboxylic acids is 1. The predicted molar refractivity (Wildman–Crippen MR) is 90.4 cm³/mol. The standard InChI is InChI=1S/C15H12N4O2S2/c1-21-12-3-2-9(7-16-12)8-17-13(20)11-6-10-14(23-11)18-15-19(10)4-5-22-15/h2-7H,8H2,1H3,(H,17,20). The zero-order valence-corrected chi connectivity index (χ0v) is 13.8. The zero-order chi connectivity index (χ0) is 15.8. The van der Waals surface area contributed by atoms with Gasteiger partial charge in [0.05, 0.1) is 17.5 Å². The third-order valence-electron chi connectivity index (χ3n) is 3.42. The highest BCUT2D eigenvalue weighted by Gasteiger charge is 2.14. The van der Waals surface area contributed by atoms with Gasteiger partial charge in [0.2, 0.25) is 5.88 Å². The number of hydrogen-bond donors (Lipinski definition) is 1. The maximum absolute atomic E-state index is 12.3. The lowest BCUT2D eigenvalue weighted by molar-refractivity contribution is 0.0955. The van der Waals surface area contributed by atoms with Crippen molar-refractivity contribution >= 4 is 43.9 Å². The molecule has 0 radical (unpaired) electrons. The minimum atomic E-state index is -0.104. The van der Waals surface area contributed by atoms with E-state index in [1.807, 2.05) is 28.1 Å². The summed E-state index contributed by atoms with van der Waals surface area (Å²) < 4.78 is 7.01. The second-order valence-corrected chi connectivity index (χ2v) is 6.76. The Morgan fingerprint density at radius 2 is 2.35 bits per heavy atom. The van der Waals surface area contributed by atoms with E-state index in [0.29, 0.717) is 17.3 Å². The molecule has 4 aromatic rings. The number of amides is 1. The van der Waals surface area contributed by atoms with Crippen molar-refractivity contribution in [3.63, 3.8) is 0 Å². The molecule has 0 aliphatic carbocycles. The molecule has 0 atom stereocenters. The van der Waals surface area contributed by atoms with Gasteiger partial charge in [-0.15, -0.1) is 22.7 Å². The number of methoxy groups -OCH3 is 1. The Bertz CT molecular complexity index is 984. The van der Waals surface area contributed by atoms with E-state index in [1.54, 1.807) is 30.7 Å². The van der Waals surface area contributed by atoms with E-state index >= 15 is 0 Å². The first-order chi connectivity index (χ1) is 11.2. The van der Waals surface area contributed by atoms with E-state index in [4.69, 9.17) is 4.74 Å². The number of nitrogens with zero attached hydrogens (tertiary/aromatic N) is 3. The Balaban J connectivity index is 1.50. The molecule has 4 heterocycles. The summed E-state index contributed by atoms with van der Waals surface area (Å²) in [5.41, 5.74) is 1.89. The van der Waals surface area contributed by atoms with Crippen LogP contribution in [-0.2, 0) is 6.54 Å². The fourth-order valence-electron chi connectivity index (χ4n) is 2.27. The number of pyridine rings is 1. The van der Waals surface area contributed by atoms with Gasteiger partial charge in [0.1, 0.15) is 4.83 Å². The van der Waals surface area contributed by atoms with Crippen LogP contribution in [0.15, 0.2) is 36.0 Å². The number of imidazole rings is 1. The van der Waals surface area contributed by atoms with Crippen molar-refractivity contribution in [2.45, 2.75) is 6.54 Å². The van der Waals surface area contributed by atoms with Gasteiger partial charge < -0.3 is 10.1 Å². The molecule has 8 heteroatoms. The highest BCUT2D eigenvalue weighted by Crippen LogP contribution is 2.28. The number of carbonyl (C=O) groups is 1. The lowest BCUT2D eigenvalue weighted by Crippen LogP contribution is -2.21. The van der Waals surface area contributed by atoms with E-state index in [9.17, 15) is 4.79 Å². The van der Waals surface area contributed by atoms with E-state index < -0.39 is 0 Å². The second-order valence-electron chi connectivity index (χ2n) is 4.86. The number of nitrogens with one attached hydrogen (secondary N) is 1. The average molecular weight is 344 g/mol. The zero-order valence-electron chi connectivity index (χ0n) is 12.1. The fraction of sp³-hybridized carbons (Fsp3) is 0.133. The molecule has 0 aliphatic heterocycles. The summed E-state index contributed by atoms with van der Waals surface area (Å²) >= 11 is 2.99. The number of aromatic nitrogens is 3. The van der Waals surface area contributed by atoms with Crippen LogP contribution < -0.4 is 10.1 Å². The first-order valence-electron chi connectivity index (χ1n) is 6.87. The molecule has 0 unspecified atom stereocenters. The molecule has 0 bridgehead atoms. The van der Waals surface area contributed by atoms with Crippen molar-refractivity contribution in [2.24, 2.45) is 0 Å². The van der Waals surface area contributed by atoms with Gasteiger partial charge in [0, 0.05) is 30.4 Å². The van der Waals surface area contributed by atoms with Gasteiger partial charge in [-0.05, 0) is 11.6 Å². The summed E-state index contributed by atoms with van der Waals surface area (Å²) in [7, 11) is 1.57. The van der Waals surface area contributed by atoms with Crippen LogP contribution in [-0.4, -0.2) is 27.4 Å². The highest BCUT2D eigenvalue weighted by atomic mass is 32.1. The van der Waals surface area contributed by atoms with Gasteiger partial charge in [0.25, 0.3) is 5.91 Å². The Labute approximate surface area is 139 Å². The maximum atomic E-state index is 12.3. The molecular weight excluding hydrogens is 332 g/mol. The van der Waals surface area contributed by atoms with Crippen molar-refractivity contribution in [2.75, 3.05) is 7.11 Å². The molecule has 116 valence electrons. The topological polar surface area (TPSA) is 68.5 Å². The smallest absolute Gasteiger partial charge is 0.261 e. The Morgan fingerprint density at radius 3 is 3.13 bits per heavy atom. The van der Waals surface area contributed by atoms with Crippen molar-refractivity contribution in [1.82, 2.24) is 19.7 Å². The van der Waals surface area contributed by atoms with Crippen LogP contribution in [0.3, 0.4) is 0 Å². The maximum Gasteiger partial charge on any atom is 0.261 e. The molecule has 0 aromatic carbocycles. The number of thiazole rings is 1. The van der Waals surface area contributed by atoms with Gasteiger partial charge in [0.15, 0.2) is 4.96 Å². The molecule has 1 N–H and O–H groups in total. The molecule has 0 saturated heterocycles. The second kappa shape index (κ2) is 5.64. The van der Waals surface area contributed by atoms with Crippen molar-refractivity contribution in [3.05, 3.63) is 46.4 Å². The Hall–Kier alpha value is -2.45. The van der Waals surface area contributed by atoms with Gasteiger partial charge in [-0.25, -0.2) is 9.97 Å². The summed E-state index contributed by atoms with van der Waals surface area (Å²) in [5, 5.41) is 4.88. The molecule has 1 amide bonds. The fourth-order valence-corrected chi connectivity index (χ4v) is 3.98. The lowest BCUT2D eigenvalue weighted by Gasteiger charge is -2.04. The Kier molecular flexibility index (Phi) is 3.47. The van der Waals surface area contributed by atoms with Crippen LogP contribution in [0.1, 0.15) is 15.2 Å². The Morgan fingerprint density at radius 1 is 1.43 bits per heavy atom. The summed E-state index contributed by atoms with van der Waals surface area (Å²) in [6.07, 6.45) is 3.66. The number of hydrogen-bond acceptors (Lipinski definition) is 6. The third kappa shape index (κ3) is 2.55. The highest BCUT2D eigenvalue weighted by molar-refractivity contribution is 7.21. The van der Waals surface area contributed by atoms with Crippen LogP contribution in [0, 0.1) is 0 Å². The van der Waals surface area contributed by atoms with Crippen molar-refractivity contribution in [1.29, 1.82) is 0 Å². The average Bonchev–Trinajstić information content (AvgIpc) is 3.24. The molecule has 0 spiro atoms. The molecule has 0 aliphatic rings. The summed E-state index contributed by atoms with van der Waals surface area (Å²) in [6.45, 7) is 0.423. The van der Waals surface area contributed by atoms with Gasteiger partial charge in [-0.1, -0.05) is 6.07 Å². The largest absolute Gasteiger partial charge is 0.481 e. The van der Waals surface area contributed by atoms with Crippen LogP contribution >= 0.6 is 22.7 Å². The number of thiophene rings is 1. The van der Waals surface area contributed by atoms with Crippen molar-refractivity contribution < 1.29 is 9.53 Å². The van der Waals surface area contributed by atoms with E-state index in [-0.39, 0.29) is 5.91 Å². The molecule has 6 nitrogen and oxygen atoms in total. The molecule has 0 saturated carbocycles. The number of fused-ring (bicyclic) bond motifs is 3. The minimum Gasteiger partial charge on any atom is -0.481 e. The quantitative estimate of drug-likeness (QED) is 0.618. The van der Waals surface area contributed by atoms with E-state index in [0.717, 1.165) is 20.9 Å². The lowest BCUT2D eigenvalue weighted by atomic mass is 10.3.